The van der Waals surface area contributed by atoms with E-state index in [4.69, 9.17) is 0 Å². The van der Waals surface area contributed by atoms with Gasteiger partial charge in [0.05, 0.1) is 0 Å². The number of carbonyl (C=O) groups excluding carboxylic acids is 3. The first kappa shape index (κ1) is 13.5. The Morgan fingerprint density at radius 1 is 1.33 bits per heavy atom. The largest absolute Gasteiger partial charge is 0.338 e. The number of hydrogen-bond donors (Lipinski definition) is 2. The van der Waals surface area contributed by atoms with E-state index >= 15 is 0 Å². The van der Waals surface area contributed by atoms with Gasteiger partial charge in [-0.15, -0.1) is 0 Å². The molecular weight excluding hydrogens is 272 g/mol. The van der Waals surface area contributed by atoms with Crippen LogP contribution in [0.4, 0.5) is 4.79 Å². The molecule has 1 aromatic heterocycles. The van der Waals surface area contributed by atoms with Crippen LogP contribution < -0.4 is 10.6 Å². The van der Waals surface area contributed by atoms with E-state index in [9.17, 15) is 14.4 Å². The molecule has 1 aromatic rings. The van der Waals surface area contributed by atoms with Crippen LogP contribution in [0.1, 0.15) is 28.9 Å². The van der Waals surface area contributed by atoms with E-state index in [2.05, 4.69) is 15.6 Å². The molecule has 0 aromatic carbocycles. The van der Waals surface area contributed by atoms with Crippen LogP contribution in [-0.4, -0.2) is 46.4 Å². The molecule has 7 nitrogen and oxygen atoms in total. The van der Waals surface area contributed by atoms with Gasteiger partial charge in [0.1, 0.15) is 5.54 Å². The van der Waals surface area contributed by atoms with Crippen LogP contribution in [0.2, 0.25) is 0 Å². The zero-order chi connectivity index (χ0) is 15.0. The number of aryl methyl sites for hydroxylation is 1. The molecule has 0 radical (unpaired) electrons. The second kappa shape index (κ2) is 4.83. The van der Waals surface area contributed by atoms with Crippen molar-refractivity contribution in [1.82, 2.24) is 20.5 Å². The summed E-state index contributed by atoms with van der Waals surface area (Å²) in [5.74, 6) is -0.362. The number of rotatable bonds is 1. The van der Waals surface area contributed by atoms with Crippen LogP contribution in [-0.2, 0) is 4.79 Å². The Labute approximate surface area is 121 Å². The molecule has 3 heterocycles. The Morgan fingerprint density at radius 2 is 2.05 bits per heavy atom. The third kappa shape index (κ3) is 2.35. The van der Waals surface area contributed by atoms with Crippen LogP contribution in [0.25, 0.3) is 0 Å². The lowest BCUT2D eigenvalue weighted by Crippen LogP contribution is -2.55. The van der Waals surface area contributed by atoms with E-state index in [1.54, 1.807) is 23.2 Å². The van der Waals surface area contributed by atoms with Crippen molar-refractivity contribution in [2.24, 2.45) is 0 Å². The fourth-order valence-electron chi connectivity index (χ4n) is 2.83. The van der Waals surface area contributed by atoms with Gasteiger partial charge in [0.15, 0.2) is 0 Å². The molecular formula is C14H16N4O3. The molecule has 2 saturated heterocycles. The summed E-state index contributed by atoms with van der Waals surface area (Å²) in [6.07, 6.45) is 2.47. The summed E-state index contributed by atoms with van der Waals surface area (Å²) in [6.45, 7) is 2.71. The minimum absolute atomic E-state index is 0.0694. The second-order valence-electron chi connectivity index (χ2n) is 5.47. The predicted octanol–water partition coefficient (Wildman–Crippen LogP) is 0.204. The van der Waals surface area contributed by atoms with Gasteiger partial charge >= 0.3 is 6.03 Å². The van der Waals surface area contributed by atoms with Crippen molar-refractivity contribution in [2.45, 2.75) is 25.3 Å². The molecule has 110 valence electrons. The maximum atomic E-state index is 12.4. The van der Waals surface area contributed by atoms with Gasteiger partial charge in [0.2, 0.25) is 0 Å². The molecule has 0 saturated carbocycles. The van der Waals surface area contributed by atoms with Crippen LogP contribution in [0.3, 0.4) is 0 Å². The number of urea groups is 1. The highest BCUT2D eigenvalue weighted by Crippen LogP contribution is 2.26. The van der Waals surface area contributed by atoms with Crippen LogP contribution in [0.15, 0.2) is 18.3 Å². The third-order valence-corrected chi connectivity index (χ3v) is 4.06. The lowest BCUT2D eigenvalue weighted by molar-refractivity contribution is -0.125. The summed E-state index contributed by atoms with van der Waals surface area (Å²) in [6, 6.07) is 2.98. The fourth-order valence-corrected chi connectivity index (χ4v) is 2.83. The van der Waals surface area contributed by atoms with Crippen LogP contribution in [0.5, 0.6) is 0 Å². The number of likely N-dealkylation sites (tertiary alicyclic amines) is 1. The highest BCUT2D eigenvalue weighted by Gasteiger charge is 2.48. The number of imide groups is 1. The number of carbonyl (C=O) groups is 3. The average Bonchev–Trinajstić information content (AvgIpc) is 2.73. The number of hydrogen-bond acceptors (Lipinski definition) is 4. The molecule has 1 spiro atoms. The number of pyridine rings is 1. The van der Waals surface area contributed by atoms with Gasteiger partial charge in [-0.1, -0.05) is 0 Å². The van der Waals surface area contributed by atoms with E-state index in [0.29, 0.717) is 31.5 Å². The Bertz CT molecular complexity index is 620. The summed E-state index contributed by atoms with van der Waals surface area (Å²) >= 11 is 0. The predicted molar refractivity (Wildman–Crippen MR) is 73.5 cm³/mol. The van der Waals surface area contributed by atoms with Crippen molar-refractivity contribution < 1.29 is 14.4 Å². The van der Waals surface area contributed by atoms with Crippen molar-refractivity contribution in [3.63, 3.8) is 0 Å². The Morgan fingerprint density at radius 3 is 2.62 bits per heavy atom. The van der Waals surface area contributed by atoms with Gasteiger partial charge in [0, 0.05) is 30.5 Å². The summed E-state index contributed by atoms with van der Waals surface area (Å²) in [4.78, 5) is 41.3. The molecule has 2 fully saturated rings. The van der Waals surface area contributed by atoms with Gasteiger partial charge in [-0.05, 0) is 31.9 Å². The van der Waals surface area contributed by atoms with E-state index in [0.717, 1.165) is 5.69 Å². The van der Waals surface area contributed by atoms with Crippen molar-refractivity contribution in [2.75, 3.05) is 13.1 Å². The summed E-state index contributed by atoms with van der Waals surface area (Å²) in [7, 11) is 0. The number of nitrogens with zero attached hydrogens (tertiary/aromatic N) is 2. The third-order valence-electron chi connectivity index (χ3n) is 4.06. The summed E-state index contributed by atoms with van der Waals surface area (Å²) < 4.78 is 0. The van der Waals surface area contributed by atoms with Gasteiger partial charge in [-0.3, -0.25) is 19.9 Å². The van der Waals surface area contributed by atoms with Crippen molar-refractivity contribution in [3.05, 3.63) is 29.6 Å². The zero-order valence-corrected chi connectivity index (χ0v) is 11.7. The molecule has 2 N–H and O–H groups in total. The van der Waals surface area contributed by atoms with E-state index in [1.165, 1.54) is 0 Å². The minimum atomic E-state index is -0.845. The van der Waals surface area contributed by atoms with Crippen LogP contribution >= 0.6 is 0 Å². The Hall–Kier alpha value is -2.44. The molecule has 0 aliphatic carbocycles. The SMILES string of the molecule is Cc1cc(C(=O)N2CCC3(CC2)NC(=O)NC3=O)ccn1. The van der Waals surface area contributed by atoms with Gasteiger partial charge in [-0.2, -0.15) is 0 Å². The van der Waals surface area contributed by atoms with Crippen LogP contribution in [0, 0.1) is 6.92 Å². The number of amides is 4. The molecule has 7 heteroatoms. The summed E-state index contributed by atoms with van der Waals surface area (Å²) in [5, 5.41) is 4.94. The van der Waals surface area contributed by atoms with Gasteiger partial charge in [0.25, 0.3) is 11.8 Å². The molecule has 0 unspecified atom stereocenters. The molecule has 2 aliphatic rings. The Kier molecular flexibility index (Phi) is 3.12. The topological polar surface area (TPSA) is 91.4 Å². The molecule has 0 atom stereocenters. The van der Waals surface area contributed by atoms with E-state index in [-0.39, 0.29) is 11.8 Å². The number of nitrogens with one attached hydrogen (secondary N) is 2. The molecule has 4 amide bonds. The van der Waals surface area contributed by atoms with Crippen molar-refractivity contribution >= 4 is 17.8 Å². The van der Waals surface area contributed by atoms with Gasteiger partial charge < -0.3 is 10.2 Å². The monoisotopic (exact) mass is 288 g/mol. The van der Waals surface area contributed by atoms with Crippen molar-refractivity contribution in [3.8, 4) is 0 Å². The summed E-state index contributed by atoms with van der Waals surface area (Å²) in [5.41, 5.74) is 0.539. The molecule has 0 bridgehead atoms. The Balaban J connectivity index is 1.70. The van der Waals surface area contributed by atoms with E-state index < -0.39 is 11.6 Å². The first-order valence-electron chi connectivity index (χ1n) is 6.86. The average molecular weight is 288 g/mol. The van der Waals surface area contributed by atoms with E-state index in [1.807, 2.05) is 6.92 Å². The molecule has 3 rings (SSSR count). The fraction of sp³-hybridized carbons (Fsp3) is 0.429. The lowest BCUT2D eigenvalue weighted by atomic mass is 9.87. The lowest BCUT2D eigenvalue weighted by Gasteiger charge is -2.37. The highest BCUT2D eigenvalue weighted by atomic mass is 16.2. The maximum Gasteiger partial charge on any atom is 0.322 e. The molecule has 21 heavy (non-hydrogen) atoms. The second-order valence-corrected chi connectivity index (χ2v) is 5.47. The first-order valence-corrected chi connectivity index (χ1v) is 6.86. The number of aromatic nitrogens is 1. The zero-order valence-electron chi connectivity index (χ0n) is 11.7. The molecule has 2 aliphatic heterocycles. The maximum absolute atomic E-state index is 12.4. The first-order chi connectivity index (χ1) is 10.00. The number of piperidine rings is 1. The van der Waals surface area contributed by atoms with Gasteiger partial charge in [-0.25, -0.2) is 4.79 Å². The highest BCUT2D eigenvalue weighted by molar-refractivity contribution is 6.07. The standard InChI is InChI=1S/C14H16N4O3/c1-9-8-10(2-5-15-9)11(19)18-6-3-14(4-7-18)12(20)16-13(21)17-14/h2,5,8H,3-4,6-7H2,1H3,(H2,16,17,20,21). The van der Waals surface area contributed by atoms with Crippen molar-refractivity contribution in [1.29, 1.82) is 0 Å². The quantitative estimate of drug-likeness (QED) is 0.722. The normalized spacial score (nSPS) is 20.3. The smallest absolute Gasteiger partial charge is 0.322 e. The minimum Gasteiger partial charge on any atom is -0.338 e.